The number of rotatable bonds is 5. The number of hydrogen-bond acceptors (Lipinski definition) is 5. The van der Waals surface area contributed by atoms with Crippen LogP contribution in [-0.2, 0) is 14.3 Å². The van der Waals surface area contributed by atoms with Crippen LogP contribution in [0, 0.1) is 5.41 Å². The molecule has 0 radical (unpaired) electrons. The Kier molecular flexibility index (Phi) is 7.36. The lowest BCUT2D eigenvalue weighted by atomic mass is 9.94. The standard InChI is InChI=1S/C17H21ClF3N3O5/c1-15(2,3)12(25)23-16(13(26)29-5,17(19,20)21)24-14(27)22-10-8-9(18)6-7-11(10)28-4/h6-8H,1-5H3,(H,23,25)(H2,22,24,27)/t16-/m0/s1. The van der Waals surface area contributed by atoms with Crippen LogP contribution < -0.4 is 20.7 Å². The summed E-state index contributed by atoms with van der Waals surface area (Å²) >= 11 is 5.82. The van der Waals surface area contributed by atoms with Gasteiger partial charge in [0.15, 0.2) is 0 Å². The Morgan fingerprint density at radius 1 is 1.03 bits per heavy atom. The molecule has 0 aliphatic rings. The van der Waals surface area contributed by atoms with Gasteiger partial charge in [-0.3, -0.25) is 10.1 Å². The van der Waals surface area contributed by atoms with Crippen molar-refractivity contribution >= 4 is 35.2 Å². The fourth-order valence-electron chi connectivity index (χ4n) is 2.00. The molecule has 12 heteroatoms. The highest BCUT2D eigenvalue weighted by molar-refractivity contribution is 6.31. The van der Waals surface area contributed by atoms with Gasteiger partial charge in [0.05, 0.1) is 19.9 Å². The Bertz CT molecular complexity index is 795. The number of urea groups is 1. The summed E-state index contributed by atoms with van der Waals surface area (Å²) in [5, 5.41) is 5.28. The van der Waals surface area contributed by atoms with E-state index in [-0.39, 0.29) is 16.5 Å². The van der Waals surface area contributed by atoms with Crippen molar-refractivity contribution in [3.05, 3.63) is 23.2 Å². The third-order valence-electron chi connectivity index (χ3n) is 3.61. The molecule has 0 fully saturated rings. The number of methoxy groups -OCH3 is 2. The van der Waals surface area contributed by atoms with Crippen LogP contribution in [0.1, 0.15) is 20.8 Å². The molecule has 29 heavy (non-hydrogen) atoms. The molecular formula is C17H21ClF3N3O5. The van der Waals surface area contributed by atoms with E-state index in [9.17, 15) is 27.6 Å². The van der Waals surface area contributed by atoms with E-state index in [1.165, 1.54) is 51.4 Å². The molecule has 0 aliphatic carbocycles. The van der Waals surface area contributed by atoms with Crippen LogP contribution in [0.25, 0.3) is 0 Å². The van der Waals surface area contributed by atoms with Crippen molar-refractivity contribution in [2.45, 2.75) is 32.6 Å². The van der Waals surface area contributed by atoms with Crippen LogP contribution in [0.5, 0.6) is 5.75 Å². The SMILES string of the molecule is COC(=O)[C@@](NC(=O)Nc1cc(Cl)ccc1OC)(NC(=O)C(C)(C)C)C(F)(F)F. The third-order valence-corrected chi connectivity index (χ3v) is 3.84. The van der Waals surface area contributed by atoms with Crippen LogP contribution in [0.15, 0.2) is 18.2 Å². The Labute approximate surface area is 170 Å². The lowest BCUT2D eigenvalue weighted by Crippen LogP contribution is -2.75. The molecule has 0 aliphatic heterocycles. The topological polar surface area (TPSA) is 106 Å². The second-order valence-corrected chi connectivity index (χ2v) is 7.30. The average molecular weight is 440 g/mol. The third kappa shape index (κ3) is 5.66. The summed E-state index contributed by atoms with van der Waals surface area (Å²) in [6.45, 7) is 3.99. The summed E-state index contributed by atoms with van der Waals surface area (Å²) in [6.07, 6.45) is -5.43. The monoisotopic (exact) mass is 439 g/mol. The van der Waals surface area contributed by atoms with E-state index in [2.05, 4.69) is 10.1 Å². The molecule has 0 heterocycles. The summed E-state index contributed by atoms with van der Waals surface area (Å²) in [6, 6.07) is 2.56. The first-order valence-corrected chi connectivity index (χ1v) is 8.46. The van der Waals surface area contributed by atoms with E-state index in [0.717, 1.165) is 0 Å². The van der Waals surface area contributed by atoms with Crippen LogP contribution in [0.2, 0.25) is 5.02 Å². The zero-order chi connectivity index (χ0) is 22.6. The average Bonchev–Trinajstić information content (AvgIpc) is 2.58. The summed E-state index contributed by atoms with van der Waals surface area (Å²) in [4.78, 5) is 36.6. The molecule has 0 bridgehead atoms. The molecule has 0 unspecified atom stereocenters. The van der Waals surface area contributed by atoms with Gasteiger partial charge in [-0.1, -0.05) is 32.4 Å². The number of amides is 3. The highest BCUT2D eigenvalue weighted by Crippen LogP contribution is 2.32. The van der Waals surface area contributed by atoms with Gasteiger partial charge in [-0.05, 0) is 18.2 Å². The van der Waals surface area contributed by atoms with Gasteiger partial charge >= 0.3 is 23.8 Å². The fraction of sp³-hybridized carbons (Fsp3) is 0.471. The molecule has 1 rings (SSSR count). The predicted molar refractivity (Wildman–Crippen MR) is 98.6 cm³/mol. The molecule has 0 aromatic heterocycles. The highest BCUT2D eigenvalue weighted by Gasteiger charge is 2.64. The summed E-state index contributed by atoms with van der Waals surface area (Å²) in [5.41, 5.74) is -5.21. The quantitative estimate of drug-likeness (QED) is 0.483. The van der Waals surface area contributed by atoms with Gasteiger partial charge in [-0.2, -0.15) is 13.2 Å². The molecule has 1 aromatic rings. The van der Waals surface area contributed by atoms with Crippen molar-refractivity contribution in [1.29, 1.82) is 0 Å². The van der Waals surface area contributed by atoms with Crippen LogP contribution in [0.4, 0.5) is 23.7 Å². The second kappa shape index (κ2) is 8.76. The number of ether oxygens (including phenoxy) is 2. The fourth-order valence-corrected chi connectivity index (χ4v) is 2.18. The molecular weight excluding hydrogens is 419 g/mol. The van der Waals surface area contributed by atoms with E-state index in [1.54, 1.807) is 5.32 Å². The van der Waals surface area contributed by atoms with E-state index in [1.807, 2.05) is 0 Å². The molecule has 162 valence electrons. The first-order chi connectivity index (χ1) is 13.2. The molecule has 0 spiro atoms. The van der Waals surface area contributed by atoms with Crippen molar-refractivity contribution in [1.82, 2.24) is 10.6 Å². The van der Waals surface area contributed by atoms with Crippen molar-refractivity contribution in [2.75, 3.05) is 19.5 Å². The molecule has 0 saturated carbocycles. The smallest absolute Gasteiger partial charge is 0.442 e. The van der Waals surface area contributed by atoms with E-state index < -0.39 is 35.2 Å². The molecule has 0 saturated heterocycles. The zero-order valence-electron chi connectivity index (χ0n) is 16.3. The lowest BCUT2D eigenvalue weighted by molar-refractivity contribution is -0.218. The normalized spacial score (nSPS) is 13.7. The number of nitrogens with one attached hydrogen (secondary N) is 3. The lowest BCUT2D eigenvalue weighted by Gasteiger charge is -2.36. The number of halogens is 4. The second-order valence-electron chi connectivity index (χ2n) is 6.87. The molecule has 1 atom stereocenters. The van der Waals surface area contributed by atoms with Gasteiger partial charge in [-0.15, -0.1) is 0 Å². The highest BCUT2D eigenvalue weighted by atomic mass is 35.5. The van der Waals surface area contributed by atoms with Crippen LogP contribution in [0.3, 0.4) is 0 Å². The van der Waals surface area contributed by atoms with E-state index in [0.29, 0.717) is 7.11 Å². The minimum absolute atomic E-state index is 0.0689. The van der Waals surface area contributed by atoms with Crippen molar-refractivity contribution in [3.8, 4) is 5.75 Å². The van der Waals surface area contributed by atoms with Gasteiger partial charge in [-0.25, -0.2) is 9.59 Å². The van der Waals surface area contributed by atoms with Gasteiger partial charge in [0, 0.05) is 10.4 Å². The van der Waals surface area contributed by atoms with E-state index >= 15 is 0 Å². The maximum Gasteiger partial charge on any atom is 0.442 e. The van der Waals surface area contributed by atoms with Gasteiger partial charge in [0.1, 0.15) is 5.75 Å². The molecule has 3 N–H and O–H groups in total. The predicted octanol–water partition coefficient (Wildman–Crippen LogP) is 3.06. The zero-order valence-corrected chi connectivity index (χ0v) is 17.0. The summed E-state index contributed by atoms with van der Waals surface area (Å²) in [5.74, 6) is -2.99. The number of anilines is 1. The Morgan fingerprint density at radius 2 is 1.62 bits per heavy atom. The summed E-state index contributed by atoms with van der Waals surface area (Å²) < 4.78 is 50.8. The van der Waals surface area contributed by atoms with Gasteiger partial charge < -0.3 is 20.1 Å². The first kappa shape index (κ1) is 24.3. The minimum Gasteiger partial charge on any atom is -0.495 e. The maximum absolute atomic E-state index is 13.9. The number of alkyl halides is 3. The van der Waals surface area contributed by atoms with Crippen molar-refractivity contribution in [2.24, 2.45) is 5.41 Å². The number of carbonyl (C=O) groups is 3. The van der Waals surface area contributed by atoms with Crippen molar-refractivity contribution < 1.29 is 37.0 Å². The Hall–Kier alpha value is -2.69. The molecule has 3 amide bonds. The van der Waals surface area contributed by atoms with Crippen LogP contribution in [-0.4, -0.2) is 44.0 Å². The minimum atomic E-state index is -5.43. The van der Waals surface area contributed by atoms with E-state index in [4.69, 9.17) is 16.3 Å². The number of hydrogen-bond donors (Lipinski definition) is 3. The maximum atomic E-state index is 13.9. The number of esters is 1. The first-order valence-electron chi connectivity index (χ1n) is 8.08. The number of benzene rings is 1. The Morgan fingerprint density at radius 3 is 2.07 bits per heavy atom. The number of carbonyl (C=O) groups excluding carboxylic acids is 3. The Balaban J connectivity index is 3.33. The van der Waals surface area contributed by atoms with Crippen LogP contribution >= 0.6 is 11.6 Å². The van der Waals surface area contributed by atoms with Crippen molar-refractivity contribution in [3.63, 3.8) is 0 Å². The summed E-state index contributed by atoms with van der Waals surface area (Å²) in [7, 11) is 1.95. The molecule has 8 nitrogen and oxygen atoms in total. The van der Waals surface area contributed by atoms with Gasteiger partial charge in [0.2, 0.25) is 5.91 Å². The largest absolute Gasteiger partial charge is 0.495 e. The van der Waals surface area contributed by atoms with Gasteiger partial charge in [0.25, 0.3) is 0 Å². The molecule has 1 aromatic carbocycles.